The number of amides is 1. The van der Waals surface area contributed by atoms with Gasteiger partial charge in [0.15, 0.2) is 0 Å². The van der Waals surface area contributed by atoms with Crippen LogP contribution in [0.3, 0.4) is 0 Å². The van der Waals surface area contributed by atoms with Gasteiger partial charge in [0.1, 0.15) is 0 Å². The molecular formula is C11H18N2O. The summed E-state index contributed by atoms with van der Waals surface area (Å²) in [5.41, 5.74) is 8.71. The highest BCUT2D eigenvalue weighted by atomic mass is 16.1. The Morgan fingerprint density at radius 2 is 2.14 bits per heavy atom. The van der Waals surface area contributed by atoms with Crippen LogP contribution in [-0.4, -0.2) is 11.9 Å². The molecule has 1 aliphatic carbocycles. The second-order valence-electron chi connectivity index (χ2n) is 5.20. The number of rotatable bonds is 0. The summed E-state index contributed by atoms with van der Waals surface area (Å²) in [6, 6.07) is 0.148. The summed E-state index contributed by atoms with van der Waals surface area (Å²) in [6.45, 7) is 4.41. The summed E-state index contributed by atoms with van der Waals surface area (Å²) in [4.78, 5) is 11.2. The largest absolute Gasteiger partial charge is 0.330 e. The molecule has 0 bridgehead atoms. The van der Waals surface area contributed by atoms with E-state index < -0.39 is 0 Å². The van der Waals surface area contributed by atoms with Crippen LogP contribution in [0.1, 0.15) is 39.5 Å². The van der Waals surface area contributed by atoms with E-state index in [-0.39, 0.29) is 17.4 Å². The molecule has 1 aliphatic heterocycles. The molecule has 0 aromatic rings. The van der Waals surface area contributed by atoms with Gasteiger partial charge in [-0.2, -0.15) is 0 Å². The molecule has 2 aliphatic rings. The molecular weight excluding hydrogens is 176 g/mol. The van der Waals surface area contributed by atoms with Crippen molar-refractivity contribution in [2.75, 3.05) is 0 Å². The van der Waals surface area contributed by atoms with Crippen molar-refractivity contribution in [1.29, 1.82) is 0 Å². The maximum absolute atomic E-state index is 11.2. The molecule has 0 aromatic carbocycles. The third-order valence-corrected chi connectivity index (χ3v) is 3.17. The maximum Gasteiger partial charge on any atom is 0.224 e. The summed E-state index contributed by atoms with van der Waals surface area (Å²) in [5, 5.41) is 2.97. The second kappa shape index (κ2) is 3.09. The molecule has 0 radical (unpaired) electrons. The zero-order valence-electron chi connectivity index (χ0n) is 8.89. The molecule has 0 spiro atoms. The predicted octanol–water partition coefficient (Wildman–Crippen LogP) is 1.30. The first kappa shape index (κ1) is 9.71. The van der Waals surface area contributed by atoms with E-state index in [9.17, 15) is 4.79 Å². The van der Waals surface area contributed by atoms with Crippen LogP contribution in [0.4, 0.5) is 0 Å². The average molecular weight is 194 g/mol. The van der Waals surface area contributed by atoms with Gasteiger partial charge in [-0.25, -0.2) is 0 Å². The highest BCUT2D eigenvalue weighted by molar-refractivity contribution is 5.79. The number of nitrogens with one attached hydrogen (secondary N) is 1. The molecule has 0 saturated heterocycles. The van der Waals surface area contributed by atoms with Gasteiger partial charge in [-0.05, 0) is 30.3 Å². The molecule has 0 saturated carbocycles. The van der Waals surface area contributed by atoms with Crippen LogP contribution in [0.2, 0.25) is 0 Å². The highest BCUT2D eigenvalue weighted by Crippen LogP contribution is 2.39. The lowest BCUT2D eigenvalue weighted by molar-refractivity contribution is -0.121. The van der Waals surface area contributed by atoms with Crippen LogP contribution >= 0.6 is 0 Å². The van der Waals surface area contributed by atoms with Crippen LogP contribution in [0.25, 0.3) is 0 Å². The van der Waals surface area contributed by atoms with Gasteiger partial charge in [-0.1, -0.05) is 13.8 Å². The van der Waals surface area contributed by atoms with Gasteiger partial charge in [-0.15, -0.1) is 0 Å². The van der Waals surface area contributed by atoms with Gasteiger partial charge < -0.3 is 11.1 Å². The lowest BCUT2D eigenvalue weighted by atomic mass is 9.72. The van der Waals surface area contributed by atoms with Crippen molar-refractivity contribution >= 4 is 5.91 Å². The maximum atomic E-state index is 11.2. The minimum absolute atomic E-state index is 0.147. The monoisotopic (exact) mass is 194 g/mol. The van der Waals surface area contributed by atoms with E-state index in [2.05, 4.69) is 19.2 Å². The van der Waals surface area contributed by atoms with E-state index in [1.807, 2.05) is 0 Å². The minimum Gasteiger partial charge on any atom is -0.330 e. The number of hydrogen-bond donors (Lipinski definition) is 2. The molecule has 3 heteroatoms. The van der Waals surface area contributed by atoms with Crippen molar-refractivity contribution in [3.05, 3.63) is 11.3 Å². The van der Waals surface area contributed by atoms with Gasteiger partial charge in [0.25, 0.3) is 0 Å². The fraction of sp³-hybridized carbons (Fsp3) is 0.727. The van der Waals surface area contributed by atoms with Gasteiger partial charge in [0.2, 0.25) is 5.91 Å². The van der Waals surface area contributed by atoms with Crippen LogP contribution in [0.15, 0.2) is 11.3 Å². The van der Waals surface area contributed by atoms with Crippen LogP contribution < -0.4 is 11.1 Å². The Morgan fingerprint density at radius 3 is 2.86 bits per heavy atom. The summed E-state index contributed by atoms with van der Waals surface area (Å²) >= 11 is 0. The standard InChI is InChI=1S/C11H18N2O/c1-11(2)5-8(12)7-3-4-10(14)13-9(7)6-11/h8H,3-6,12H2,1-2H3,(H,13,14)/t8-/m1/s1. The van der Waals surface area contributed by atoms with E-state index in [0.29, 0.717) is 6.42 Å². The molecule has 1 atom stereocenters. The van der Waals surface area contributed by atoms with E-state index in [1.54, 1.807) is 0 Å². The molecule has 3 nitrogen and oxygen atoms in total. The van der Waals surface area contributed by atoms with E-state index in [0.717, 1.165) is 25.0 Å². The van der Waals surface area contributed by atoms with E-state index >= 15 is 0 Å². The fourth-order valence-corrected chi connectivity index (χ4v) is 2.55. The van der Waals surface area contributed by atoms with E-state index in [4.69, 9.17) is 5.73 Å². The SMILES string of the molecule is CC1(C)CC2=C(CCC(=O)N2)[C@H](N)C1. The summed E-state index contributed by atoms with van der Waals surface area (Å²) in [7, 11) is 0. The number of carbonyl (C=O) groups excluding carboxylic acids is 1. The van der Waals surface area contributed by atoms with Gasteiger partial charge >= 0.3 is 0 Å². The Morgan fingerprint density at radius 1 is 1.43 bits per heavy atom. The summed E-state index contributed by atoms with van der Waals surface area (Å²) in [6.07, 6.45) is 3.45. The highest BCUT2D eigenvalue weighted by Gasteiger charge is 2.34. The predicted molar refractivity (Wildman–Crippen MR) is 55.4 cm³/mol. The van der Waals surface area contributed by atoms with Crippen molar-refractivity contribution in [3.8, 4) is 0 Å². The normalized spacial score (nSPS) is 31.1. The molecule has 1 amide bonds. The number of carbonyl (C=O) groups is 1. The molecule has 3 N–H and O–H groups in total. The molecule has 14 heavy (non-hydrogen) atoms. The molecule has 1 heterocycles. The molecule has 0 unspecified atom stereocenters. The quantitative estimate of drug-likeness (QED) is 0.610. The third kappa shape index (κ3) is 1.69. The lowest BCUT2D eigenvalue weighted by Gasteiger charge is -2.39. The van der Waals surface area contributed by atoms with Crippen molar-refractivity contribution in [3.63, 3.8) is 0 Å². The number of allylic oxidation sites excluding steroid dienone is 1. The molecule has 0 aromatic heterocycles. The smallest absolute Gasteiger partial charge is 0.224 e. The average Bonchev–Trinajstić information content (AvgIpc) is 2.00. The van der Waals surface area contributed by atoms with Crippen molar-refractivity contribution in [2.24, 2.45) is 11.1 Å². The molecule has 0 fully saturated rings. The van der Waals surface area contributed by atoms with Gasteiger partial charge in [0, 0.05) is 18.2 Å². The fourth-order valence-electron chi connectivity index (χ4n) is 2.55. The summed E-state index contributed by atoms with van der Waals surface area (Å²) in [5.74, 6) is 0.147. The second-order valence-corrected chi connectivity index (χ2v) is 5.20. The number of hydrogen-bond acceptors (Lipinski definition) is 2. The summed E-state index contributed by atoms with van der Waals surface area (Å²) < 4.78 is 0. The lowest BCUT2D eigenvalue weighted by Crippen LogP contribution is -2.42. The molecule has 78 valence electrons. The Balaban J connectivity index is 2.28. The Bertz CT molecular complexity index is 304. The van der Waals surface area contributed by atoms with Crippen LogP contribution in [0.5, 0.6) is 0 Å². The first-order valence-corrected chi connectivity index (χ1v) is 5.25. The Hall–Kier alpha value is -0.830. The zero-order valence-corrected chi connectivity index (χ0v) is 8.89. The van der Waals surface area contributed by atoms with Crippen LogP contribution in [-0.2, 0) is 4.79 Å². The van der Waals surface area contributed by atoms with Crippen molar-refractivity contribution < 1.29 is 4.79 Å². The van der Waals surface area contributed by atoms with Gasteiger partial charge in [0.05, 0.1) is 0 Å². The van der Waals surface area contributed by atoms with Gasteiger partial charge in [-0.3, -0.25) is 4.79 Å². The van der Waals surface area contributed by atoms with E-state index in [1.165, 1.54) is 5.57 Å². The molecule has 2 rings (SSSR count). The minimum atomic E-state index is 0.147. The topological polar surface area (TPSA) is 55.1 Å². The first-order valence-electron chi connectivity index (χ1n) is 5.25. The van der Waals surface area contributed by atoms with Crippen molar-refractivity contribution in [2.45, 2.75) is 45.6 Å². The Labute approximate surface area is 84.7 Å². The zero-order chi connectivity index (χ0) is 10.3. The van der Waals surface area contributed by atoms with Crippen LogP contribution in [0, 0.1) is 5.41 Å². The van der Waals surface area contributed by atoms with Crippen molar-refractivity contribution in [1.82, 2.24) is 5.32 Å². The first-order chi connectivity index (χ1) is 6.48. The third-order valence-electron chi connectivity index (χ3n) is 3.17. The Kier molecular flexibility index (Phi) is 2.14. The number of nitrogens with two attached hydrogens (primary N) is 1.